The van der Waals surface area contributed by atoms with Crippen molar-refractivity contribution in [3.8, 4) is 6.07 Å². The first-order valence-electron chi connectivity index (χ1n) is 6.52. The Kier molecular flexibility index (Phi) is 4.57. The lowest BCUT2D eigenvalue weighted by Gasteiger charge is -2.09. The van der Waals surface area contributed by atoms with Gasteiger partial charge in [0.15, 0.2) is 0 Å². The normalized spacial score (nSPS) is 10.1. The van der Waals surface area contributed by atoms with Gasteiger partial charge in [-0.1, -0.05) is 19.1 Å². The smallest absolute Gasteiger partial charge is 0.0948 e. The second-order valence-corrected chi connectivity index (χ2v) is 4.46. The number of nitriles is 1. The van der Waals surface area contributed by atoms with Crippen LogP contribution in [-0.2, 0) is 19.5 Å². The average Bonchev–Trinajstić information content (AvgIpc) is 2.86. The Morgan fingerprint density at radius 1 is 1.32 bits per heavy atom. The van der Waals surface area contributed by atoms with E-state index in [0.717, 1.165) is 30.8 Å². The van der Waals surface area contributed by atoms with E-state index in [1.165, 1.54) is 5.69 Å². The van der Waals surface area contributed by atoms with Crippen molar-refractivity contribution in [2.24, 2.45) is 0 Å². The van der Waals surface area contributed by atoms with Crippen LogP contribution in [0.5, 0.6) is 0 Å². The molecule has 0 unspecified atom stereocenters. The standard InChI is InChI=1S/C15H18N4/c1-2-9-19-12-17-10-15(19)11-18-14-5-3-13(4-6-14)7-8-16/h3-6,10,12,18H,2,7,9,11H2,1H3. The van der Waals surface area contributed by atoms with Crippen molar-refractivity contribution in [3.05, 3.63) is 48.0 Å². The fourth-order valence-corrected chi connectivity index (χ4v) is 1.96. The molecule has 0 spiro atoms. The zero-order chi connectivity index (χ0) is 13.5. The summed E-state index contributed by atoms with van der Waals surface area (Å²) < 4.78 is 2.16. The number of nitrogens with zero attached hydrogens (tertiary/aromatic N) is 3. The molecule has 1 aromatic carbocycles. The Labute approximate surface area is 113 Å². The van der Waals surface area contributed by atoms with Crippen LogP contribution in [0.2, 0.25) is 0 Å². The van der Waals surface area contributed by atoms with E-state index >= 15 is 0 Å². The van der Waals surface area contributed by atoms with Crippen molar-refractivity contribution < 1.29 is 0 Å². The lowest BCUT2D eigenvalue weighted by molar-refractivity contribution is 0.651. The number of rotatable bonds is 6. The Morgan fingerprint density at radius 2 is 2.11 bits per heavy atom. The first kappa shape index (κ1) is 13.2. The van der Waals surface area contributed by atoms with E-state index in [1.807, 2.05) is 36.8 Å². The van der Waals surface area contributed by atoms with Crippen molar-refractivity contribution in [3.63, 3.8) is 0 Å². The van der Waals surface area contributed by atoms with E-state index in [9.17, 15) is 0 Å². The molecule has 0 saturated heterocycles. The summed E-state index contributed by atoms with van der Waals surface area (Å²) in [7, 11) is 0. The van der Waals surface area contributed by atoms with Crippen molar-refractivity contribution in [2.45, 2.75) is 32.9 Å². The fraction of sp³-hybridized carbons (Fsp3) is 0.333. The van der Waals surface area contributed by atoms with Gasteiger partial charge in [-0.05, 0) is 24.1 Å². The second-order valence-electron chi connectivity index (χ2n) is 4.46. The molecule has 0 aliphatic rings. The first-order chi connectivity index (χ1) is 9.33. The van der Waals surface area contributed by atoms with Gasteiger partial charge in [-0.15, -0.1) is 0 Å². The van der Waals surface area contributed by atoms with E-state index in [2.05, 4.69) is 27.9 Å². The predicted octanol–water partition coefficient (Wildman–Crippen LogP) is 2.97. The quantitative estimate of drug-likeness (QED) is 0.862. The van der Waals surface area contributed by atoms with E-state index < -0.39 is 0 Å². The minimum atomic E-state index is 0.462. The molecule has 0 fully saturated rings. The minimum Gasteiger partial charge on any atom is -0.379 e. The van der Waals surface area contributed by atoms with Crippen molar-refractivity contribution >= 4 is 5.69 Å². The molecule has 19 heavy (non-hydrogen) atoms. The van der Waals surface area contributed by atoms with Crippen LogP contribution in [0.1, 0.15) is 24.6 Å². The van der Waals surface area contributed by atoms with Gasteiger partial charge in [0.2, 0.25) is 0 Å². The molecule has 0 amide bonds. The van der Waals surface area contributed by atoms with Crippen LogP contribution in [0.4, 0.5) is 5.69 Å². The van der Waals surface area contributed by atoms with E-state index in [-0.39, 0.29) is 0 Å². The molecular formula is C15H18N4. The van der Waals surface area contributed by atoms with Crippen LogP contribution in [0.15, 0.2) is 36.8 Å². The van der Waals surface area contributed by atoms with Crippen molar-refractivity contribution in [2.75, 3.05) is 5.32 Å². The maximum atomic E-state index is 8.62. The molecule has 0 radical (unpaired) electrons. The molecular weight excluding hydrogens is 236 g/mol. The first-order valence-corrected chi connectivity index (χ1v) is 6.52. The number of aryl methyl sites for hydroxylation is 1. The number of benzene rings is 1. The molecule has 98 valence electrons. The molecule has 0 aliphatic carbocycles. The summed E-state index contributed by atoms with van der Waals surface area (Å²) in [5.74, 6) is 0. The van der Waals surface area contributed by atoms with Crippen LogP contribution in [0.3, 0.4) is 0 Å². The van der Waals surface area contributed by atoms with Crippen LogP contribution in [0.25, 0.3) is 0 Å². The van der Waals surface area contributed by atoms with Gasteiger partial charge in [-0.25, -0.2) is 4.98 Å². The Morgan fingerprint density at radius 3 is 2.79 bits per heavy atom. The van der Waals surface area contributed by atoms with Crippen molar-refractivity contribution in [1.29, 1.82) is 5.26 Å². The number of aromatic nitrogens is 2. The Bertz CT molecular complexity index is 548. The summed E-state index contributed by atoms with van der Waals surface area (Å²) in [5.41, 5.74) is 3.29. The van der Waals surface area contributed by atoms with Gasteiger partial charge in [-0.2, -0.15) is 5.26 Å². The topological polar surface area (TPSA) is 53.6 Å². The van der Waals surface area contributed by atoms with Gasteiger partial charge in [0.25, 0.3) is 0 Å². The SMILES string of the molecule is CCCn1cncc1CNc1ccc(CC#N)cc1. The van der Waals surface area contributed by atoms with E-state index in [0.29, 0.717) is 6.42 Å². The number of imidazole rings is 1. The third-order valence-corrected chi connectivity index (χ3v) is 2.97. The van der Waals surface area contributed by atoms with Gasteiger partial charge in [0.05, 0.1) is 31.1 Å². The third kappa shape index (κ3) is 3.59. The molecule has 0 bridgehead atoms. The number of nitrogens with one attached hydrogen (secondary N) is 1. The van der Waals surface area contributed by atoms with E-state index in [1.54, 1.807) is 0 Å². The lowest BCUT2D eigenvalue weighted by Crippen LogP contribution is -2.06. The maximum absolute atomic E-state index is 8.62. The molecule has 0 atom stereocenters. The summed E-state index contributed by atoms with van der Waals surface area (Å²) in [4.78, 5) is 4.18. The maximum Gasteiger partial charge on any atom is 0.0948 e. The minimum absolute atomic E-state index is 0.462. The van der Waals surface area contributed by atoms with Crippen LogP contribution in [-0.4, -0.2) is 9.55 Å². The third-order valence-electron chi connectivity index (χ3n) is 2.97. The molecule has 1 aromatic heterocycles. The zero-order valence-corrected chi connectivity index (χ0v) is 11.1. The molecule has 1 heterocycles. The fourth-order valence-electron chi connectivity index (χ4n) is 1.96. The largest absolute Gasteiger partial charge is 0.379 e. The van der Waals surface area contributed by atoms with Crippen LogP contribution >= 0.6 is 0 Å². The zero-order valence-electron chi connectivity index (χ0n) is 11.1. The second kappa shape index (κ2) is 6.60. The van der Waals surface area contributed by atoms with Gasteiger partial charge in [0.1, 0.15) is 0 Å². The molecule has 0 saturated carbocycles. The van der Waals surface area contributed by atoms with Crippen molar-refractivity contribution in [1.82, 2.24) is 9.55 Å². The van der Waals surface area contributed by atoms with Crippen LogP contribution < -0.4 is 5.32 Å². The molecule has 1 N–H and O–H groups in total. The highest BCUT2D eigenvalue weighted by molar-refractivity contribution is 5.45. The highest BCUT2D eigenvalue weighted by Crippen LogP contribution is 2.11. The molecule has 4 nitrogen and oxygen atoms in total. The van der Waals surface area contributed by atoms with Gasteiger partial charge >= 0.3 is 0 Å². The highest BCUT2D eigenvalue weighted by atomic mass is 15.1. The predicted molar refractivity (Wildman–Crippen MR) is 75.6 cm³/mol. The summed E-state index contributed by atoms with van der Waals surface area (Å²) in [6, 6.07) is 10.1. The summed E-state index contributed by atoms with van der Waals surface area (Å²) in [6.07, 6.45) is 5.33. The molecule has 2 aromatic rings. The Balaban J connectivity index is 1.94. The Hall–Kier alpha value is -2.28. The van der Waals surface area contributed by atoms with Gasteiger partial charge in [-0.3, -0.25) is 0 Å². The average molecular weight is 254 g/mol. The van der Waals surface area contributed by atoms with E-state index in [4.69, 9.17) is 5.26 Å². The lowest BCUT2D eigenvalue weighted by atomic mass is 10.1. The monoisotopic (exact) mass is 254 g/mol. The number of anilines is 1. The number of hydrogen-bond donors (Lipinski definition) is 1. The number of hydrogen-bond acceptors (Lipinski definition) is 3. The highest BCUT2D eigenvalue weighted by Gasteiger charge is 2.01. The van der Waals surface area contributed by atoms with Gasteiger partial charge in [0, 0.05) is 18.4 Å². The van der Waals surface area contributed by atoms with Gasteiger partial charge < -0.3 is 9.88 Å². The summed E-state index contributed by atoms with van der Waals surface area (Å²) in [6.45, 7) is 3.92. The molecule has 0 aliphatic heterocycles. The summed E-state index contributed by atoms with van der Waals surface area (Å²) in [5, 5.41) is 12.0. The van der Waals surface area contributed by atoms with Crippen LogP contribution in [0, 0.1) is 11.3 Å². The molecule has 4 heteroatoms. The summed E-state index contributed by atoms with van der Waals surface area (Å²) >= 11 is 0. The molecule has 2 rings (SSSR count).